The summed E-state index contributed by atoms with van der Waals surface area (Å²) in [5, 5.41) is 31.8. The van der Waals surface area contributed by atoms with E-state index in [0.29, 0.717) is 6.54 Å². The van der Waals surface area contributed by atoms with E-state index in [-0.39, 0.29) is 6.04 Å². The molecule has 1 rings (SSSR count). The van der Waals surface area contributed by atoms with Crippen molar-refractivity contribution in [2.45, 2.75) is 76.2 Å². The average Bonchev–Trinajstić information content (AvgIpc) is 2.33. The summed E-state index contributed by atoms with van der Waals surface area (Å²) in [5.74, 6) is 0. The monoisotopic (exact) mass is 245 g/mol. The second kappa shape index (κ2) is 8.03. The van der Waals surface area contributed by atoms with Crippen LogP contribution in [-0.4, -0.2) is 46.2 Å². The van der Waals surface area contributed by atoms with Crippen molar-refractivity contribution >= 4 is 0 Å². The minimum absolute atomic E-state index is 0.0698. The van der Waals surface area contributed by atoms with Crippen LogP contribution in [0.5, 0.6) is 0 Å². The van der Waals surface area contributed by atoms with Gasteiger partial charge in [-0.2, -0.15) is 0 Å². The average molecular weight is 245 g/mol. The highest BCUT2D eigenvalue weighted by Crippen LogP contribution is 2.16. The van der Waals surface area contributed by atoms with Crippen LogP contribution in [0.3, 0.4) is 0 Å². The normalized spacial score (nSPS) is 33.9. The van der Waals surface area contributed by atoms with Gasteiger partial charge in [-0.25, -0.2) is 0 Å². The van der Waals surface area contributed by atoms with Gasteiger partial charge in [-0.05, 0) is 6.42 Å². The van der Waals surface area contributed by atoms with Crippen molar-refractivity contribution in [2.75, 3.05) is 6.54 Å². The van der Waals surface area contributed by atoms with Crippen LogP contribution < -0.4 is 5.32 Å². The molecule has 0 spiro atoms. The van der Waals surface area contributed by atoms with E-state index < -0.39 is 18.3 Å². The van der Waals surface area contributed by atoms with Crippen molar-refractivity contribution in [3.05, 3.63) is 0 Å². The summed E-state index contributed by atoms with van der Waals surface area (Å²) in [6.45, 7) is 2.58. The molecule has 0 radical (unpaired) electrons. The minimum Gasteiger partial charge on any atom is -0.389 e. The lowest BCUT2D eigenvalue weighted by atomic mass is 9.92. The molecule has 1 fully saturated rings. The Bertz CT molecular complexity index is 201. The molecule has 0 aromatic carbocycles. The summed E-state index contributed by atoms with van der Waals surface area (Å²) in [6, 6.07) is -0.0698. The molecule has 1 heterocycles. The zero-order valence-corrected chi connectivity index (χ0v) is 10.8. The predicted molar refractivity (Wildman–Crippen MR) is 67.8 cm³/mol. The van der Waals surface area contributed by atoms with Crippen LogP contribution in [0, 0.1) is 0 Å². The van der Waals surface area contributed by atoms with Crippen LogP contribution in [-0.2, 0) is 0 Å². The summed E-state index contributed by atoms with van der Waals surface area (Å²) in [4.78, 5) is 0. The molecule has 4 atom stereocenters. The predicted octanol–water partition coefficient (Wildman–Crippen LogP) is 0.791. The second-order valence-electron chi connectivity index (χ2n) is 5.12. The van der Waals surface area contributed by atoms with Crippen LogP contribution in [0.25, 0.3) is 0 Å². The van der Waals surface area contributed by atoms with Gasteiger partial charge in [0.15, 0.2) is 0 Å². The maximum Gasteiger partial charge on any atom is 0.108 e. The lowest BCUT2D eigenvalue weighted by molar-refractivity contribution is -0.0952. The highest BCUT2D eigenvalue weighted by atomic mass is 16.4. The van der Waals surface area contributed by atoms with Gasteiger partial charge in [-0.1, -0.05) is 45.4 Å². The standard InChI is InChI=1S/C13H27NO3/c1-2-3-4-5-6-7-8-10-12(16)13(17)11(15)9-14-10/h10-17H,2-9H2,1H3/t10-,11+,12+,13+/m0/s1. The quantitative estimate of drug-likeness (QED) is 0.500. The van der Waals surface area contributed by atoms with E-state index in [9.17, 15) is 15.3 Å². The van der Waals surface area contributed by atoms with Crippen molar-refractivity contribution < 1.29 is 15.3 Å². The van der Waals surface area contributed by atoms with Gasteiger partial charge in [-0.15, -0.1) is 0 Å². The van der Waals surface area contributed by atoms with Crippen LogP contribution >= 0.6 is 0 Å². The molecule has 1 aliphatic heterocycles. The Morgan fingerprint density at radius 1 is 0.941 bits per heavy atom. The summed E-state index contributed by atoms with van der Waals surface area (Å²) >= 11 is 0. The summed E-state index contributed by atoms with van der Waals surface area (Å²) in [6.07, 6.45) is 5.55. The molecule has 0 saturated carbocycles. The van der Waals surface area contributed by atoms with E-state index in [1.807, 2.05) is 0 Å². The molecule has 102 valence electrons. The first-order valence-corrected chi connectivity index (χ1v) is 6.94. The zero-order valence-electron chi connectivity index (χ0n) is 10.8. The molecular formula is C13H27NO3. The van der Waals surface area contributed by atoms with Gasteiger partial charge >= 0.3 is 0 Å². The maximum atomic E-state index is 9.78. The third-order valence-corrected chi connectivity index (χ3v) is 3.61. The Morgan fingerprint density at radius 3 is 2.29 bits per heavy atom. The van der Waals surface area contributed by atoms with Crippen molar-refractivity contribution in [3.63, 3.8) is 0 Å². The molecule has 1 saturated heterocycles. The Labute approximate surface area is 104 Å². The molecule has 0 unspecified atom stereocenters. The Balaban J connectivity index is 2.10. The first-order chi connectivity index (χ1) is 8.16. The first kappa shape index (κ1) is 14.9. The molecule has 4 heteroatoms. The fourth-order valence-corrected chi connectivity index (χ4v) is 2.40. The van der Waals surface area contributed by atoms with Gasteiger partial charge in [0.25, 0.3) is 0 Å². The largest absolute Gasteiger partial charge is 0.389 e. The number of aliphatic hydroxyl groups is 3. The lowest BCUT2D eigenvalue weighted by Gasteiger charge is -2.36. The molecule has 0 aliphatic carbocycles. The molecule has 0 amide bonds. The number of hydrogen-bond acceptors (Lipinski definition) is 4. The number of hydrogen-bond donors (Lipinski definition) is 4. The van der Waals surface area contributed by atoms with Crippen molar-refractivity contribution in [3.8, 4) is 0 Å². The Morgan fingerprint density at radius 2 is 1.59 bits per heavy atom. The van der Waals surface area contributed by atoms with Crippen LogP contribution in [0.2, 0.25) is 0 Å². The molecule has 4 N–H and O–H groups in total. The fraction of sp³-hybridized carbons (Fsp3) is 1.00. The summed E-state index contributed by atoms with van der Waals surface area (Å²) in [5.41, 5.74) is 0. The smallest absolute Gasteiger partial charge is 0.108 e. The molecular weight excluding hydrogens is 218 g/mol. The number of aliphatic hydroxyl groups excluding tert-OH is 3. The van der Waals surface area contributed by atoms with Gasteiger partial charge in [0, 0.05) is 12.6 Å². The van der Waals surface area contributed by atoms with E-state index in [0.717, 1.165) is 12.8 Å². The first-order valence-electron chi connectivity index (χ1n) is 6.94. The van der Waals surface area contributed by atoms with Gasteiger partial charge in [-0.3, -0.25) is 0 Å². The molecule has 17 heavy (non-hydrogen) atoms. The number of unbranched alkanes of at least 4 members (excludes halogenated alkanes) is 5. The molecule has 0 bridgehead atoms. The summed E-state index contributed by atoms with van der Waals surface area (Å²) in [7, 11) is 0. The lowest BCUT2D eigenvalue weighted by Crippen LogP contribution is -2.59. The molecule has 0 aromatic heterocycles. The minimum atomic E-state index is -0.999. The van der Waals surface area contributed by atoms with Crippen molar-refractivity contribution in [1.29, 1.82) is 0 Å². The van der Waals surface area contributed by atoms with E-state index in [2.05, 4.69) is 12.2 Å². The third kappa shape index (κ3) is 4.92. The molecule has 0 aromatic rings. The highest BCUT2D eigenvalue weighted by molar-refractivity contribution is 4.91. The number of β-amino-alcohol motifs (C(OH)–C–C–N with tert-alkyl or cyclic N) is 1. The van der Waals surface area contributed by atoms with Gasteiger partial charge in [0.05, 0.1) is 12.2 Å². The van der Waals surface area contributed by atoms with Crippen molar-refractivity contribution in [1.82, 2.24) is 5.32 Å². The highest BCUT2D eigenvalue weighted by Gasteiger charge is 2.35. The van der Waals surface area contributed by atoms with E-state index in [1.165, 1.54) is 32.1 Å². The van der Waals surface area contributed by atoms with Crippen LogP contribution in [0.1, 0.15) is 51.9 Å². The van der Waals surface area contributed by atoms with Gasteiger partial charge < -0.3 is 20.6 Å². The topological polar surface area (TPSA) is 72.7 Å². The number of nitrogens with one attached hydrogen (secondary N) is 1. The fourth-order valence-electron chi connectivity index (χ4n) is 2.40. The van der Waals surface area contributed by atoms with E-state index in [1.54, 1.807) is 0 Å². The molecule has 1 aliphatic rings. The zero-order chi connectivity index (χ0) is 12.7. The van der Waals surface area contributed by atoms with Crippen LogP contribution in [0.4, 0.5) is 0 Å². The summed E-state index contributed by atoms with van der Waals surface area (Å²) < 4.78 is 0. The van der Waals surface area contributed by atoms with E-state index >= 15 is 0 Å². The number of piperidine rings is 1. The Kier molecular flexibility index (Phi) is 7.04. The SMILES string of the molecule is CCCCCCCC[C@@H]1NC[C@@H](O)[C@@H](O)[C@@H]1O. The van der Waals surface area contributed by atoms with Crippen molar-refractivity contribution in [2.24, 2.45) is 0 Å². The maximum absolute atomic E-state index is 9.78. The number of rotatable bonds is 7. The van der Waals surface area contributed by atoms with Gasteiger partial charge in [0.1, 0.15) is 6.10 Å². The second-order valence-corrected chi connectivity index (χ2v) is 5.12. The Hall–Kier alpha value is -0.160. The molecule has 4 nitrogen and oxygen atoms in total. The van der Waals surface area contributed by atoms with Gasteiger partial charge in [0.2, 0.25) is 0 Å². The van der Waals surface area contributed by atoms with Crippen LogP contribution in [0.15, 0.2) is 0 Å². The van der Waals surface area contributed by atoms with E-state index in [4.69, 9.17) is 0 Å². The third-order valence-electron chi connectivity index (χ3n) is 3.61.